The maximum Gasteiger partial charge on any atom is 0.252 e. The molecule has 0 aromatic heterocycles. The van der Waals surface area contributed by atoms with Crippen LogP contribution in [-0.2, 0) is 14.8 Å². The number of unbranched alkanes of at least 4 members (excludes halogenated alkanes) is 1. The molecule has 1 saturated heterocycles. The van der Waals surface area contributed by atoms with Crippen molar-refractivity contribution in [2.75, 3.05) is 32.8 Å². The fraction of sp³-hybridized carbons (Fsp3) is 0.632. The number of nitrogens with one attached hydrogen (secondary N) is 1. The van der Waals surface area contributed by atoms with Crippen LogP contribution in [0, 0.1) is 5.92 Å². The molecule has 8 heteroatoms. The van der Waals surface area contributed by atoms with Crippen molar-refractivity contribution in [1.82, 2.24) is 9.62 Å². The summed E-state index contributed by atoms with van der Waals surface area (Å²) >= 11 is 6.17. The fourth-order valence-electron chi connectivity index (χ4n) is 3.05. The summed E-state index contributed by atoms with van der Waals surface area (Å²) in [5.41, 5.74) is 0.191. The van der Waals surface area contributed by atoms with Gasteiger partial charge in [-0.1, -0.05) is 44.7 Å². The van der Waals surface area contributed by atoms with Gasteiger partial charge in [-0.05, 0) is 30.5 Å². The Morgan fingerprint density at radius 1 is 1.30 bits per heavy atom. The van der Waals surface area contributed by atoms with Crippen LogP contribution in [-0.4, -0.2) is 51.5 Å². The molecule has 0 bridgehead atoms. The molecular formula is C19H29ClN2O4S. The Hall–Kier alpha value is -1.15. The van der Waals surface area contributed by atoms with Crippen molar-refractivity contribution in [3.05, 3.63) is 28.8 Å². The topological polar surface area (TPSA) is 75.7 Å². The van der Waals surface area contributed by atoms with Crippen LogP contribution >= 0.6 is 11.6 Å². The second-order valence-electron chi connectivity index (χ2n) is 6.78. The molecule has 1 atom stereocenters. The third-order valence-corrected chi connectivity index (χ3v) is 7.11. The Morgan fingerprint density at radius 3 is 2.63 bits per heavy atom. The minimum absolute atomic E-state index is 0.0805. The van der Waals surface area contributed by atoms with Crippen molar-refractivity contribution < 1.29 is 17.9 Å². The van der Waals surface area contributed by atoms with E-state index in [1.54, 1.807) is 0 Å². The molecule has 152 valence electrons. The van der Waals surface area contributed by atoms with Crippen molar-refractivity contribution in [2.24, 2.45) is 5.92 Å². The summed E-state index contributed by atoms with van der Waals surface area (Å²) in [5.74, 6) is 0.0712. The summed E-state index contributed by atoms with van der Waals surface area (Å²) in [6.07, 6.45) is 4.30. The first-order valence-electron chi connectivity index (χ1n) is 9.55. The van der Waals surface area contributed by atoms with Crippen molar-refractivity contribution in [3.63, 3.8) is 0 Å². The van der Waals surface area contributed by atoms with E-state index < -0.39 is 10.0 Å². The van der Waals surface area contributed by atoms with Crippen molar-refractivity contribution >= 4 is 27.5 Å². The second kappa shape index (κ2) is 10.4. The van der Waals surface area contributed by atoms with Gasteiger partial charge in [0.1, 0.15) is 0 Å². The van der Waals surface area contributed by atoms with Crippen molar-refractivity contribution in [3.8, 4) is 0 Å². The maximum atomic E-state index is 12.8. The van der Waals surface area contributed by atoms with E-state index in [4.69, 9.17) is 16.3 Å². The molecule has 1 amide bonds. The Kier molecular flexibility index (Phi) is 8.54. The first-order valence-corrected chi connectivity index (χ1v) is 11.4. The van der Waals surface area contributed by atoms with E-state index in [-0.39, 0.29) is 21.4 Å². The van der Waals surface area contributed by atoms with E-state index in [1.165, 1.54) is 22.5 Å². The third kappa shape index (κ3) is 5.91. The number of benzene rings is 1. The van der Waals surface area contributed by atoms with Gasteiger partial charge < -0.3 is 10.1 Å². The summed E-state index contributed by atoms with van der Waals surface area (Å²) in [6, 6.07) is 4.29. The van der Waals surface area contributed by atoms with Crippen LogP contribution in [0.5, 0.6) is 0 Å². The normalized spacial score (nSPS) is 16.9. The van der Waals surface area contributed by atoms with Gasteiger partial charge in [-0.3, -0.25) is 4.79 Å². The maximum absolute atomic E-state index is 12.8. The lowest BCUT2D eigenvalue weighted by Gasteiger charge is -2.26. The van der Waals surface area contributed by atoms with Gasteiger partial charge in [0.15, 0.2) is 0 Å². The van der Waals surface area contributed by atoms with Crippen LogP contribution in [0.4, 0.5) is 0 Å². The largest absolute Gasteiger partial charge is 0.379 e. The van der Waals surface area contributed by atoms with Gasteiger partial charge >= 0.3 is 0 Å². The molecule has 0 unspecified atom stereocenters. The minimum Gasteiger partial charge on any atom is -0.379 e. The number of carbonyl (C=O) groups is 1. The van der Waals surface area contributed by atoms with Gasteiger partial charge in [0.2, 0.25) is 10.0 Å². The Bertz CT molecular complexity index is 733. The number of amides is 1. The van der Waals surface area contributed by atoms with Gasteiger partial charge in [0.05, 0.1) is 28.7 Å². The summed E-state index contributed by atoms with van der Waals surface area (Å²) in [6.45, 7) is 6.17. The molecular weight excluding hydrogens is 388 g/mol. The van der Waals surface area contributed by atoms with Crippen LogP contribution in [0.3, 0.4) is 0 Å². The van der Waals surface area contributed by atoms with Gasteiger partial charge in [-0.15, -0.1) is 0 Å². The van der Waals surface area contributed by atoms with Crippen molar-refractivity contribution in [1.29, 1.82) is 0 Å². The molecule has 6 nitrogen and oxygen atoms in total. The first-order chi connectivity index (χ1) is 12.9. The first kappa shape index (κ1) is 22.1. The van der Waals surface area contributed by atoms with Gasteiger partial charge in [0.25, 0.3) is 5.91 Å². The molecule has 2 rings (SSSR count). The van der Waals surface area contributed by atoms with E-state index in [1.807, 2.05) is 0 Å². The standard InChI is InChI=1S/C19H29ClN2O4S/c1-3-5-6-15(4-2)14-21-19(23)17-13-16(7-8-18(17)20)27(24,25)22-9-11-26-12-10-22/h7-8,13,15H,3-6,9-12,14H2,1-2H3,(H,21,23)/t15-/m1/s1. The Labute approximate surface area is 167 Å². The average molecular weight is 417 g/mol. The number of ether oxygens (including phenoxy) is 1. The summed E-state index contributed by atoms with van der Waals surface area (Å²) in [4.78, 5) is 12.7. The lowest BCUT2D eigenvalue weighted by Crippen LogP contribution is -2.40. The van der Waals surface area contributed by atoms with Gasteiger partial charge in [-0.25, -0.2) is 8.42 Å². The number of nitrogens with zero attached hydrogens (tertiary/aromatic N) is 1. The highest BCUT2D eigenvalue weighted by atomic mass is 35.5. The van der Waals surface area contributed by atoms with E-state index in [9.17, 15) is 13.2 Å². The zero-order chi connectivity index (χ0) is 19.9. The number of hydrogen-bond acceptors (Lipinski definition) is 4. The van der Waals surface area contributed by atoms with Crippen LogP contribution in [0.1, 0.15) is 49.9 Å². The Balaban J connectivity index is 2.12. The Morgan fingerprint density at radius 2 is 2.00 bits per heavy atom. The van der Waals surface area contributed by atoms with Crippen LogP contribution < -0.4 is 5.32 Å². The average Bonchev–Trinajstić information content (AvgIpc) is 2.68. The quantitative estimate of drug-likeness (QED) is 0.670. The predicted molar refractivity (Wildman–Crippen MR) is 107 cm³/mol. The number of morpholine rings is 1. The lowest BCUT2D eigenvalue weighted by molar-refractivity contribution is 0.0730. The molecule has 27 heavy (non-hydrogen) atoms. The number of rotatable bonds is 9. The van der Waals surface area contributed by atoms with Gasteiger partial charge in [0, 0.05) is 19.6 Å². The minimum atomic E-state index is -3.67. The molecule has 0 radical (unpaired) electrons. The van der Waals surface area contributed by atoms with E-state index in [0.29, 0.717) is 38.8 Å². The molecule has 1 fully saturated rings. The second-order valence-corrected chi connectivity index (χ2v) is 9.13. The third-order valence-electron chi connectivity index (χ3n) is 4.88. The highest BCUT2D eigenvalue weighted by Crippen LogP contribution is 2.24. The SMILES string of the molecule is CCCC[C@@H](CC)CNC(=O)c1cc(S(=O)(=O)N2CCOCC2)ccc1Cl. The highest BCUT2D eigenvalue weighted by molar-refractivity contribution is 7.89. The summed E-state index contributed by atoms with van der Waals surface area (Å²) < 4.78 is 32.2. The lowest BCUT2D eigenvalue weighted by atomic mass is 9.99. The van der Waals surface area contributed by atoms with E-state index >= 15 is 0 Å². The van der Waals surface area contributed by atoms with Crippen molar-refractivity contribution in [2.45, 2.75) is 44.4 Å². The molecule has 0 spiro atoms. The van der Waals surface area contributed by atoms with Crippen LogP contribution in [0.15, 0.2) is 23.1 Å². The zero-order valence-corrected chi connectivity index (χ0v) is 17.6. The number of carbonyl (C=O) groups excluding carboxylic acids is 1. The molecule has 0 aliphatic carbocycles. The molecule has 1 heterocycles. The van der Waals surface area contributed by atoms with E-state index in [0.717, 1.165) is 25.7 Å². The molecule has 1 aliphatic rings. The number of sulfonamides is 1. The monoisotopic (exact) mass is 416 g/mol. The summed E-state index contributed by atoms with van der Waals surface area (Å²) in [7, 11) is -3.67. The molecule has 1 aromatic rings. The molecule has 1 aliphatic heterocycles. The smallest absolute Gasteiger partial charge is 0.252 e. The van der Waals surface area contributed by atoms with Crippen LogP contribution in [0.25, 0.3) is 0 Å². The summed E-state index contributed by atoms with van der Waals surface area (Å²) in [5, 5.41) is 3.15. The fourth-order valence-corrected chi connectivity index (χ4v) is 4.69. The number of halogens is 1. The van der Waals surface area contributed by atoms with E-state index in [2.05, 4.69) is 19.2 Å². The van der Waals surface area contributed by atoms with Crippen LogP contribution in [0.2, 0.25) is 5.02 Å². The molecule has 1 N–H and O–H groups in total. The zero-order valence-electron chi connectivity index (χ0n) is 16.0. The molecule has 0 saturated carbocycles. The predicted octanol–water partition coefficient (Wildman–Crippen LogP) is 3.31. The molecule has 1 aromatic carbocycles. The number of hydrogen-bond donors (Lipinski definition) is 1. The highest BCUT2D eigenvalue weighted by Gasteiger charge is 2.27. The van der Waals surface area contributed by atoms with Gasteiger partial charge in [-0.2, -0.15) is 4.31 Å².